The lowest BCUT2D eigenvalue weighted by Gasteiger charge is -2.13. The SMILES string of the molecule is COc1cc(OC)c(Nc2ccc(C#N)nc2)cc1Cl. The molecule has 1 heterocycles. The molecule has 0 bridgehead atoms. The van der Waals surface area contributed by atoms with Crippen molar-refractivity contribution in [3.8, 4) is 17.6 Å². The quantitative estimate of drug-likeness (QED) is 0.934. The lowest BCUT2D eigenvalue weighted by Crippen LogP contribution is -1.97. The highest BCUT2D eigenvalue weighted by Gasteiger charge is 2.10. The molecule has 0 unspecified atom stereocenters. The van der Waals surface area contributed by atoms with E-state index in [1.165, 1.54) is 7.11 Å². The summed E-state index contributed by atoms with van der Waals surface area (Å²) in [5.41, 5.74) is 1.77. The minimum atomic E-state index is 0.357. The van der Waals surface area contributed by atoms with Crippen molar-refractivity contribution in [3.05, 3.63) is 41.2 Å². The van der Waals surface area contributed by atoms with Gasteiger partial charge in [0.05, 0.1) is 36.8 Å². The van der Waals surface area contributed by atoms with Gasteiger partial charge in [-0.25, -0.2) is 4.98 Å². The van der Waals surface area contributed by atoms with Crippen LogP contribution in [0.25, 0.3) is 0 Å². The van der Waals surface area contributed by atoms with E-state index in [-0.39, 0.29) is 0 Å². The Morgan fingerprint density at radius 1 is 1.20 bits per heavy atom. The van der Waals surface area contributed by atoms with Crippen LogP contribution in [0.4, 0.5) is 11.4 Å². The Balaban J connectivity index is 2.32. The number of methoxy groups -OCH3 is 2. The first-order valence-corrected chi connectivity index (χ1v) is 6.10. The Morgan fingerprint density at radius 3 is 2.50 bits per heavy atom. The Morgan fingerprint density at radius 2 is 1.95 bits per heavy atom. The van der Waals surface area contributed by atoms with E-state index in [1.54, 1.807) is 37.6 Å². The fourth-order valence-electron chi connectivity index (χ4n) is 1.65. The molecule has 5 nitrogen and oxygen atoms in total. The van der Waals surface area contributed by atoms with Gasteiger partial charge in [0.15, 0.2) is 0 Å². The van der Waals surface area contributed by atoms with E-state index in [9.17, 15) is 0 Å². The van der Waals surface area contributed by atoms with E-state index in [4.69, 9.17) is 26.3 Å². The number of aromatic nitrogens is 1. The number of anilines is 2. The van der Waals surface area contributed by atoms with Gasteiger partial charge < -0.3 is 14.8 Å². The van der Waals surface area contributed by atoms with Crippen molar-refractivity contribution >= 4 is 23.0 Å². The second-order valence-electron chi connectivity index (χ2n) is 3.86. The van der Waals surface area contributed by atoms with Gasteiger partial charge in [0.1, 0.15) is 23.3 Å². The van der Waals surface area contributed by atoms with E-state index in [0.717, 1.165) is 5.69 Å². The third-order valence-electron chi connectivity index (χ3n) is 2.63. The molecule has 0 radical (unpaired) electrons. The molecule has 1 aromatic heterocycles. The van der Waals surface area contributed by atoms with Crippen molar-refractivity contribution in [1.82, 2.24) is 4.98 Å². The largest absolute Gasteiger partial charge is 0.495 e. The monoisotopic (exact) mass is 289 g/mol. The summed E-state index contributed by atoms with van der Waals surface area (Å²) < 4.78 is 10.4. The summed E-state index contributed by atoms with van der Waals surface area (Å²) in [7, 11) is 3.10. The molecule has 20 heavy (non-hydrogen) atoms. The summed E-state index contributed by atoms with van der Waals surface area (Å²) in [5.74, 6) is 1.13. The van der Waals surface area contributed by atoms with Crippen molar-refractivity contribution in [1.29, 1.82) is 5.26 Å². The minimum Gasteiger partial charge on any atom is -0.495 e. The summed E-state index contributed by atoms with van der Waals surface area (Å²) in [6, 6.07) is 8.74. The van der Waals surface area contributed by atoms with Gasteiger partial charge in [-0.3, -0.25) is 0 Å². The van der Waals surface area contributed by atoms with Crippen LogP contribution in [-0.4, -0.2) is 19.2 Å². The highest BCUT2D eigenvalue weighted by Crippen LogP contribution is 2.37. The fourth-order valence-corrected chi connectivity index (χ4v) is 1.89. The zero-order chi connectivity index (χ0) is 14.5. The Labute approximate surface area is 121 Å². The molecule has 0 spiro atoms. The van der Waals surface area contributed by atoms with Crippen LogP contribution in [0, 0.1) is 11.3 Å². The summed E-state index contributed by atoms with van der Waals surface area (Å²) in [6.07, 6.45) is 1.57. The number of pyridine rings is 1. The van der Waals surface area contributed by atoms with Crippen LogP contribution in [0.2, 0.25) is 5.02 Å². The van der Waals surface area contributed by atoms with Crippen LogP contribution in [0.1, 0.15) is 5.69 Å². The maximum absolute atomic E-state index is 8.71. The average molecular weight is 290 g/mol. The Bertz CT molecular complexity index is 651. The number of benzene rings is 1. The number of hydrogen-bond donors (Lipinski definition) is 1. The van der Waals surface area contributed by atoms with Crippen molar-refractivity contribution in [2.45, 2.75) is 0 Å². The van der Waals surface area contributed by atoms with Crippen molar-refractivity contribution in [2.24, 2.45) is 0 Å². The molecule has 0 amide bonds. The molecule has 102 valence electrons. The van der Waals surface area contributed by atoms with E-state index >= 15 is 0 Å². The summed E-state index contributed by atoms with van der Waals surface area (Å²) >= 11 is 6.09. The number of rotatable bonds is 4. The lowest BCUT2D eigenvalue weighted by atomic mass is 10.2. The van der Waals surface area contributed by atoms with E-state index in [2.05, 4.69) is 10.3 Å². The highest BCUT2D eigenvalue weighted by molar-refractivity contribution is 6.32. The van der Waals surface area contributed by atoms with Gasteiger partial charge in [0, 0.05) is 6.07 Å². The topological polar surface area (TPSA) is 67.2 Å². The Kier molecular flexibility index (Phi) is 4.28. The van der Waals surface area contributed by atoms with Gasteiger partial charge in [-0.05, 0) is 18.2 Å². The normalized spacial score (nSPS) is 9.70. The first kappa shape index (κ1) is 14.0. The molecule has 1 N–H and O–H groups in total. The van der Waals surface area contributed by atoms with Crippen LogP contribution in [0.5, 0.6) is 11.5 Å². The van der Waals surface area contributed by atoms with Gasteiger partial charge in [0.2, 0.25) is 0 Å². The summed E-state index contributed by atoms with van der Waals surface area (Å²) in [6.45, 7) is 0. The third kappa shape index (κ3) is 2.92. The smallest absolute Gasteiger partial charge is 0.146 e. The van der Waals surface area contributed by atoms with Gasteiger partial charge in [0.25, 0.3) is 0 Å². The zero-order valence-corrected chi connectivity index (χ0v) is 11.7. The summed E-state index contributed by atoms with van der Waals surface area (Å²) in [4.78, 5) is 3.98. The standard InChI is InChI=1S/C14H12ClN3O2/c1-19-13-6-14(20-2)12(5-11(13)15)18-10-4-3-9(7-16)17-8-10/h3-6,8,18H,1-2H3. The summed E-state index contributed by atoms with van der Waals surface area (Å²) in [5, 5.41) is 12.3. The molecular formula is C14H12ClN3O2. The molecule has 2 aromatic rings. The first-order valence-electron chi connectivity index (χ1n) is 5.72. The molecule has 0 aliphatic heterocycles. The van der Waals surface area contributed by atoms with Gasteiger partial charge in [-0.15, -0.1) is 0 Å². The third-order valence-corrected chi connectivity index (χ3v) is 2.93. The fraction of sp³-hybridized carbons (Fsp3) is 0.143. The van der Waals surface area contributed by atoms with Crippen LogP contribution >= 0.6 is 11.6 Å². The molecule has 0 atom stereocenters. The van der Waals surface area contributed by atoms with E-state index < -0.39 is 0 Å². The second kappa shape index (κ2) is 6.13. The van der Waals surface area contributed by atoms with Gasteiger partial charge in [-0.1, -0.05) is 11.6 Å². The number of nitriles is 1. The molecule has 6 heteroatoms. The lowest BCUT2D eigenvalue weighted by molar-refractivity contribution is 0.396. The maximum atomic E-state index is 8.71. The van der Waals surface area contributed by atoms with Crippen molar-refractivity contribution in [3.63, 3.8) is 0 Å². The molecule has 0 fully saturated rings. The Hall–Kier alpha value is -2.45. The number of halogens is 1. The maximum Gasteiger partial charge on any atom is 0.146 e. The number of ether oxygens (including phenoxy) is 2. The highest BCUT2D eigenvalue weighted by atomic mass is 35.5. The first-order chi connectivity index (χ1) is 9.67. The van der Waals surface area contributed by atoms with Gasteiger partial charge >= 0.3 is 0 Å². The molecular weight excluding hydrogens is 278 g/mol. The molecule has 1 aromatic carbocycles. The van der Waals surface area contributed by atoms with Crippen LogP contribution < -0.4 is 14.8 Å². The minimum absolute atomic E-state index is 0.357. The van der Waals surface area contributed by atoms with Gasteiger partial charge in [-0.2, -0.15) is 5.26 Å². The predicted molar refractivity (Wildman–Crippen MR) is 76.8 cm³/mol. The van der Waals surface area contributed by atoms with Crippen molar-refractivity contribution in [2.75, 3.05) is 19.5 Å². The molecule has 0 saturated carbocycles. The van der Waals surface area contributed by atoms with E-state index in [1.807, 2.05) is 6.07 Å². The number of nitrogens with zero attached hydrogens (tertiary/aromatic N) is 2. The molecule has 0 aliphatic carbocycles. The van der Waals surface area contributed by atoms with Crippen molar-refractivity contribution < 1.29 is 9.47 Å². The molecule has 0 saturated heterocycles. The van der Waals surface area contributed by atoms with Crippen LogP contribution in [0.15, 0.2) is 30.5 Å². The average Bonchev–Trinajstić information content (AvgIpc) is 2.48. The van der Waals surface area contributed by atoms with Crippen LogP contribution in [-0.2, 0) is 0 Å². The molecule has 2 rings (SSSR count). The predicted octanol–water partition coefficient (Wildman–Crippen LogP) is 3.37. The van der Waals surface area contributed by atoms with E-state index in [0.29, 0.717) is 27.9 Å². The molecule has 0 aliphatic rings. The zero-order valence-electron chi connectivity index (χ0n) is 11.0. The van der Waals surface area contributed by atoms with Crippen LogP contribution in [0.3, 0.4) is 0 Å². The number of nitrogens with one attached hydrogen (secondary N) is 1. The number of hydrogen-bond acceptors (Lipinski definition) is 5. The second-order valence-corrected chi connectivity index (χ2v) is 4.26.